The number of nitrogens with two attached hydrogens (primary N) is 1. The summed E-state index contributed by atoms with van der Waals surface area (Å²) in [5, 5.41) is 2.36. The summed E-state index contributed by atoms with van der Waals surface area (Å²) < 4.78 is 14.4. The molecular formula is C15H18FN3S. The van der Waals surface area contributed by atoms with E-state index < -0.39 is 0 Å². The Hall–Kier alpha value is -1.62. The first-order valence-corrected chi connectivity index (χ1v) is 7.77. The van der Waals surface area contributed by atoms with Crippen molar-refractivity contribution in [3.63, 3.8) is 0 Å². The van der Waals surface area contributed by atoms with E-state index in [1.807, 2.05) is 17.5 Å². The van der Waals surface area contributed by atoms with Crippen LogP contribution in [0.3, 0.4) is 0 Å². The van der Waals surface area contributed by atoms with Crippen LogP contribution in [-0.2, 0) is 0 Å². The van der Waals surface area contributed by atoms with E-state index in [9.17, 15) is 4.39 Å². The van der Waals surface area contributed by atoms with Gasteiger partial charge in [-0.15, -0.1) is 11.3 Å². The maximum atomic E-state index is 14.4. The molecule has 106 valence electrons. The molecule has 1 aromatic carbocycles. The van der Waals surface area contributed by atoms with Crippen molar-refractivity contribution in [1.29, 1.82) is 0 Å². The van der Waals surface area contributed by atoms with Gasteiger partial charge >= 0.3 is 0 Å². The fourth-order valence-electron chi connectivity index (χ4n) is 2.75. The fourth-order valence-corrected chi connectivity index (χ4v) is 3.32. The first kappa shape index (κ1) is 13.4. The molecule has 1 atom stereocenters. The lowest BCUT2D eigenvalue weighted by Crippen LogP contribution is -2.34. The number of benzene rings is 1. The summed E-state index contributed by atoms with van der Waals surface area (Å²) in [6.07, 6.45) is 2.36. The van der Waals surface area contributed by atoms with E-state index in [4.69, 9.17) is 5.73 Å². The van der Waals surface area contributed by atoms with Crippen molar-refractivity contribution >= 4 is 22.2 Å². The molecule has 1 saturated heterocycles. The molecule has 0 bridgehead atoms. The van der Waals surface area contributed by atoms with E-state index in [0.717, 1.165) is 30.8 Å². The second-order valence-electron chi connectivity index (χ2n) is 5.43. The van der Waals surface area contributed by atoms with Gasteiger partial charge in [0.1, 0.15) is 5.82 Å². The highest BCUT2D eigenvalue weighted by atomic mass is 32.1. The number of anilines is 2. The van der Waals surface area contributed by atoms with Crippen LogP contribution in [0.4, 0.5) is 15.2 Å². The van der Waals surface area contributed by atoms with Gasteiger partial charge in [0.2, 0.25) is 0 Å². The van der Waals surface area contributed by atoms with E-state index in [-0.39, 0.29) is 5.82 Å². The number of rotatable bonds is 2. The van der Waals surface area contributed by atoms with Crippen molar-refractivity contribution < 1.29 is 4.39 Å². The van der Waals surface area contributed by atoms with Gasteiger partial charge in [-0.25, -0.2) is 9.37 Å². The van der Waals surface area contributed by atoms with Crippen LogP contribution < -0.4 is 10.6 Å². The quantitative estimate of drug-likeness (QED) is 0.916. The Bertz CT molecular complexity index is 611. The van der Waals surface area contributed by atoms with E-state index >= 15 is 0 Å². The Balaban J connectivity index is 1.87. The minimum Gasteiger partial charge on any atom is -0.375 e. The summed E-state index contributed by atoms with van der Waals surface area (Å²) in [7, 11) is 0. The molecule has 3 nitrogen and oxygen atoms in total. The standard InChI is InChI=1S/C15H18FN3S/c1-10-3-2-6-19(8-10)14-5-4-11(7-12(14)16)13-9-20-15(17)18-13/h4-5,7,9-10H,2-3,6,8H2,1H3,(H2,17,18)/t10-/m1/s1. The average Bonchev–Trinajstić information content (AvgIpc) is 2.85. The molecule has 0 saturated carbocycles. The summed E-state index contributed by atoms with van der Waals surface area (Å²) in [5.41, 5.74) is 7.84. The monoisotopic (exact) mass is 291 g/mol. The second-order valence-corrected chi connectivity index (χ2v) is 6.32. The first-order chi connectivity index (χ1) is 9.63. The molecule has 1 aromatic heterocycles. The third-order valence-corrected chi connectivity index (χ3v) is 4.44. The first-order valence-electron chi connectivity index (χ1n) is 6.89. The number of piperidine rings is 1. The van der Waals surface area contributed by atoms with Crippen LogP contribution in [0, 0.1) is 11.7 Å². The second kappa shape index (κ2) is 5.40. The van der Waals surface area contributed by atoms with Crippen LogP contribution in [0.2, 0.25) is 0 Å². The minimum absolute atomic E-state index is 0.178. The van der Waals surface area contributed by atoms with E-state index in [1.165, 1.54) is 17.8 Å². The number of hydrogen-bond acceptors (Lipinski definition) is 4. The Morgan fingerprint density at radius 1 is 1.45 bits per heavy atom. The van der Waals surface area contributed by atoms with Crippen LogP contribution in [0.1, 0.15) is 19.8 Å². The van der Waals surface area contributed by atoms with Crippen molar-refractivity contribution in [3.8, 4) is 11.3 Å². The summed E-state index contributed by atoms with van der Waals surface area (Å²) in [6, 6.07) is 5.34. The summed E-state index contributed by atoms with van der Waals surface area (Å²) in [4.78, 5) is 6.33. The number of hydrogen-bond donors (Lipinski definition) is 1. The number of nitrogens with zero attached hydrogens (tertiary/aromatic N) is 2. The van der Waals surface area contributed by atoms with Gasteiger partial charge in [0.15, 0.2) is 5.13 Å². The van der Waals surface area contributed by atoms with Crippen molar-refractivity contribution in [2.45, 2.75) is 19.8 Å². The third kappa shape index (κ3) is 2.63. The largest absolute Gasteiger partial charge is 0.375 e. The van der Waals surface area contributed by atoms with Gasteiger partial charge in [-0.1, -0.05) is 13.0 Å². The topological polar surface area (TPSA) is 42.1 Å². The zero-order valence-electron chi connectivity index (χ0n) is 11.5. The van der Waals surface area contributed by atoms with Gasteiger partial charge in [0, 0.05) is 24.0 Å². The Kier molecular flexibility index (Phi) is 3.61. The normalized spacial score (nSPS) is 19.3. The zero-order chi connectivity index (χ0) is 14.1. The number of thiazole rings is 1. The number of aromatic nitrogens is 1. The molecule has 2 aromatic rings. The van der Waals surface area contributed by atoms with Crippen molar-refractivity contribution in [3.05, 3.63) is 29.4 Å². The van der Waals surface area contributed by atoms with E-state index in [1.54, 1.807) is 6.07 Å². The third-order valence-electron chi connectivity index (χ3n) is 3.76. The lowest BCUT2D eigenvalue weighted by Gasteiger charge is -2.33. The van der Waals surface area contributed by atoms with Crippen LogP contribution in [0.15, 0.2) is 23.6 Å². The molecule has 5 heteroatoms. The Labute approximate surface area is 122 Å². The summed E-state index contributed by atoms with van der Waals surface area (Å²) in [5.74, 6) is 0.448. The van der Waals surface area contributed by atoms with Gasteiger partial charge in [0.25, 0.3) is 0 Å². The summed E-state index contributed by atoms with van der Waals surface area (Å²) >= 11 is 1.37. The maximum absolute atomic E-state index is 14.4. The predicted molar refractivity (Wildman–Crippen MR) is 82.5 cm³/mol. The van der Waals surface area contributed by atoms with Crippen LogP contribution in [0.25, 0.3) is 11.3 Å². The molecule has 1 fully saturated rings. The van der Waals surface area contributed by atoms with Gasteiger partial charge in [-0.3, -0.25) is 0 Å². The molecule has 0 radical (unpaired) electrons. The van der Waals surface area contributed by atoms with Crippen molar-refractivity contribution in [2.75, 3.05) is 23.7 Å². The van der Waals surface area contributed by atoms with E-state index in [0.29, 0.717) is 16.7 Å². The molecule has 0 aliphatic carbocycles. The number of nitrogen functional groups attached to an aromatic ring is 1. The van der Waals surface area contributed by atoms with Gasteiger partial charge < -0.3 is 10.6 Å². The van der Waals surface area contributed by atoms with Crippen molar-refractivity contribution in [2.24, 2.45) is 5.92 Å². The number of halogens is 1. The molecule has 2 heterocycles. The fraction of sp³-hybridized carbons (Fsp3) is 0.400. The lowest BCUT2D eigenvalue weighted by molar-refractivity contribution is 0.442. The Morgan fingerprint density at radius 2 is 2.30 bits per heavy atom. The molecular weight excluding hydrogens is 273 g/mol. The Morgan fingerprint density at radius 3 is 2.95 bits per heavy atom. The molecule has 1 aliphatic heterocycles. The van der Waals surface area contributed by atoms with Gasteiger partial charge in [0.05, 0.1) is 11.4 Å². The maximum Gasteiger partial charge on any atom is 0.180 e. The van der Waals surface area contributed by atoms with Gasteiger partial charge in [-0.2, -0.15) is 0 Å². The molecule has 0 amide bonds. The molecule has 0 spiro atoms. The highest BCUT2D eigenvalue weighted by molar-refractivity contribution is 7.13. The van der Waals surface area contributed by atoms with E-state index in [2.05, 4.69) is 16.8 Å². The van der Waals surface area contributed by atoms with Gasteiger partial charge in [-0.05, 0) is 30.9 Å². The van der Waals surface area contributed by atoms with Crippen LogP contribution in [0.5, 0.6) is 0 Å². The highest BCUT2D eigenvalue weighted by Gasteiger charge is 2.19. The molecule has 3 rings (SSSR count). The zero-order valence-corrected chi connectivity index (χ0v) is 12.3. The molecule has 1 aliphatic rings. The smallest absolute Gasteiger partial charge is 0.180 e. The lowest BCUT2D eigenvalue weighted by atomic mass is 9.99. The van der Waals surface area contributed by atoms with Crippen molar-refractivity contribution in [1.82, 2.24) is 4.98 Å². The predicted octanol–water partition coefficient (Wildman–Crippen LogP) is 3.77. The minimum atomic E-state index is -0.178. The molecule has 2 N–H and O–H groups in total. The van der Waals surface area contributed by atoms with Crippen LogP contribution >= 0.6 is 11.3 Å². The summed E-state index contributed by atoms with van der Waals surface area (Å²) in [6.45, 7) is 4.08. The molecule has 20 heavy (non-hydrogen) atoms. The van der Waals surface area contributed by atoms with Crippen LogP contribution in [-0.4, -0.2) is 18.1 Å². The highest BCUT2D eigenvalue weighted by Crippen LogP contribution is 2.30. The molecule has 0 unspecified atom stereocenters. The average molecular weight is 291 g/mol. The SMILES string of the molecule is C[C@@H]1CCCN(c2ccc(-c3csc(N)n3)cc2F)C1.